The lowest BCUT2D eigenvalue weighted by Gasteiger charge is -2.38. The maximum absolute atomic E-state index is 5.82. The first kappa shape index (κ1) is 16.6. The molecule has 1 aromatic carbocycles. The molecule has 1 fully saturated rings. The smallest absolute Gasteiger partial charge is 0.0679 e. The molecule has 1 aliphatic rings. The second-order valence-corrected chi connectivity index (χ2v) is 6.42. The number of piperazine rings is 1. The van der Waals surface area contributed by atoms with Gasteiger partial charge in [-0.2, -0.15) is 0 Å². The summed E-state index contributed by atoms with van der Waals surface area (Å²) in [6.45, 7) is 9.85. The summed E-state index contributed by atoms with van der Waals surface area (Å²) in [5.74, 6) is 0. The number of nitrogens with zero attached hydrogens (tertiary/aromatic N) is 3. The van der Waals surface area contributed by atoms with E-state index >= 15 is 0 Å². The van der Waals surface area contributed by atoms with E-state index in [-0.39, 0.29) is 0 Å². The van der Waals surface area contributed by atoms with Gasteiger partial charge in [0.1, 0.15) is 0 Å². The van der Waals surface area contributed by atoms with Crippen LogP contribution in [0, 0.1) is 6.92 Å². The maximum atomic E-state index is 5.82. The Balaban J connectivity index is 1.72. The Morgan fingerprint density at radius 3 is 2.42 bits per heavy atom. The van der Waals surface area contributed by atoms with E-state index in [1.165, 1.54) is 16.9 Å². The van der Waals surface area contributed by atoms with E-state index in [2.05, 4.69) is 64.7 Å². The molecule has 1 aliphatic heterocycles. The lowest BCUT2D eigenvalue weighted by atomic mass is 10.1. The van der Waals surface area contributed by atoms with Crippen LogP contribution in [0.2, 0.25) is 0 Å². The number of pyridine rings is 1. The average Bonchev–Trinajstić information content (AvgIpc) is 2.62. The number of hydrogen-bond acceptors (Lipinski definition) is 3. The first-order valence-corrected chi connectivity index (χ1v) is 8.56. The van der Waals surface area contributed by atoms with Crippen LogP contribution in [0.4, 0.5) is 11.4 Å². The number of para-hydroxylation sites is 1. The minimum Gasteiger partial charge on any atom is -0.368 e. The summed E-state index contributed by atoms with van der Waals surface area (Å²) in [5, 5.41) is 0.512. The van der Waals surface area contributed by atoms with E-state index < -0.39 is 0 Å². The molecular weight excluding hydrogens is 318 g/mol. The number of allylic oxidation sites excluding steroid dienone is 2. The van der Waals surface area contributed by atoms with Gasteiger partial charge in [-0.05, 0) is 42.8 Å². The molecule has 2 aromatic rings. The van der Waals surface area contributed by atoms with Crippen LogP contribution < -0.4 is 9.80 Å². The summed E-state index contributed by atoms with van der Waals surface area (Å²) in [4.78, 5) is 9.31. The van der Waals surface area contributed by atoms with Crippen molar-refractivity contribution in [2.45, 2.75) is 6.92 Å². The SMILES string of the molecule is C=C(Cl)/C=C\c1nccc(N2CCN(c3ccccc3)CC2)c1C. The predicted molar refractivity (Wildman–Crippen MR) is 104 cm³/mol. The molecule has 1 saturated heterocycles. The molecule has 0 amide bonds. The third-order valence-electron chi connectivity index (χ3n) is 4.38. The molecule has 3 rings (SSSR count). The summed E-state index contributed by atoms with van der Waals surface area (Å²) < 4.78 is 0. The third kappa shape index (κ3) is 3.80. The largest absolute Gasteiger partial charge is 0.368 e. The van der Waals surface area contributed by atoms with E-state index in [1.807, 2.05) is 12.3 Å². The number of aromatic nitrogens is 1. The molecule has 3 nitrogen and oxygen atoms in total. The van der Waals surface area contributed by atoms with E-state index in [0.717, 1.165) is 31.9 Å². The van der Waals surface area contributed by atoms with Crippen molar-refractivity contribution in [1.82, 2.24) is 4.98 Å². The normalized spacial score (nSPS) is 15.1. The highest BCUT2D eigenvalue weighted by Gasteiger charge is 2.19. The second kappa shape index (κ2) is 7.54. The zero-order chi connectivity index (χ0) is 16.9. The molecule has 0 radical (unpaired) electrons. The van der Waals surface area contributed by atoms with E-state index in [0.29, 0.717) is 5.03 Å². The third-order valence-corrected chi connectivity index (χ3v) is 4.50. The summed E-state index contributed by atoms with van der Waals surface area (Å²) in [5.41, 5.74) is 4.67. The van der Waals surface area contributed by atoms with Gasteiger partial charge in [0.2, 0.25) is 0 Å². The van der Waals surface area contributed by atoms with Crippen LogP contribution >= 0.6 is 11.6 Å². The minimum atomic E-state index is 0.512. The second-order valence-electron chi connectivity index (χ2n) is 5.93. The van der Waals surface area contributed by atoms with Crippen molar-refractivity contribution in [3.05, 3.63) is 71.5 Å². The monoisotopic (exact) mass is 339 g/mol. The highest BCUT2D eigenvalue weighted by Crippen LogP contribution is 2.25. The average molecular weight is 340 g/mol. The zero-order valence-corrected chi connectivity index (χ0v) is 14.7. The van der Waals surface area contributed by atoms with Crippen LogP contribution in [0.25, 0.3) is 6.08 Å². The van der Waals surface area contributed by atoms with Crippen LogP contribution in [-0.2, 0) is 0 Å². The standard InChI is InChI=1S/C20H22ClN3/c1-16(21)8-9-19-17(2)20(10-11-22-19)24-14-12-23(13-15-24)18-6-4-3-5-7-18/h3-11H,1,12-15H2,2H3/b9-8-. The van der Waals surface area contributed by atoms with Crippen molar-refractivity contribution < 1.29 is 0 Å². The van der Waals surface area contributed by atoms with Crippen molar-refractivity contribution in [2.24, 2.45) is 0 Å². The van der Waals surface area contributed by atoms with Gasteiger partial charge in [0.15, 0.2) is 0 Å². The molecule has 0 bridgehead atoms. The highest BCUT2D eigenvalue weighted by molar-refractivity contribution is 6.31. The zero-order valence-electron chi connectivity index (χ0n) is 14.0. The Kier molecular flexibility index (Phi) is 5.21. The molecule has 1 aromatic heterocycles. The topological polar surface area (TPSA) is 19.4 Å². The number of rotatable bonds is 4. The molecule has 0 N–H and O–H groups in total. The molecule has 2 heterocycles. The number of hydrogen-bond donors (Lipinski definition) is 0. The van der Waals surface area contributed by atoms with Gasteiger partial charge in [-0.1, -0.05) is 36.4 Å². The van der Waals surface area contributed by atoms with Gasteiger partial charge < -0.3 is 9.80 Å². The summed E-state index contributed by atoms with van der Waals surface area (Å²) >= 11 is 5.82. The van der Waals surface area contributed by atoms with Crippen LogP contribution in [0.1, 0.15) is 11.3 Å². The number of halogens is 1. The van der Waals surface area contributed by atoms with Crippen LogP contribution in [0.15, 0.2) is 60.3 Å². The Hall–Kier alpha value is -2.26. The fourth-order valence-corrected chi connectivity index (χ4v) is 3.13. The lowest BCUT2D eigenvalue weighted by Crippen LogP contribution is -2.46. The molecule has 0 aliphatic carbocycles. The van der Waals surface area contributed by atoms with Crippen LogP contribution in [0.3, 0.4) is 0 Å². The van der Waals surface area contributed by atoms with Crippen molar-refractivity contribution in [3.63, 3.8) is 0 Å². The van der Waals surface area contributed by atoms with Gasteiger partial charge in [0.05, 0.1) is 5.69 Å². The van der Waals surface area contributed by atoms with E-state index in [9.17, 15) is 0 Å². The number of benzene rings is 1. The number of anilines is 2. The Morgan fingerprint density at radius 1 is 1.08 bits per heavy atom. The fourth-order valence-electron chi connectivity index (χ4n) is 3.07. The quantitative estimate of drug-likeness (QED) is 0.765. The Labute approximate surface area is 148 Å². The van der Waals surface area contributed by atoms with Crippen molar-refractivity contribution in [3.8, 4) is 0 Å². The Morgan fingerprint density at radius 2 is 1.75 bits per heavy atom. The maximum Gasteiger partial charge on any atom is 0.0679 e. The van der Waals surface area contributed by atoms with Crippen molar-refractivity contribution >= 4 is 29.1 Å². The molecule has 124 valence electrons. The van der Waals surface area contributed by atoms with E-state index in [1.54, 1.807) is 6.08 Å². The molecule has 0 atom stereocenters. The molecule has 0 unspecified atom stereocenters. The van der Waals surface area contributed by atoms with Gasteiger partial charge in [0, 0.05) is 48.8 Å². The van der Waals surface area contributed by atoms with Crippen molar-refractivity contribution in [2.75, 3.05) is 36.0 Å². The first-order valence-electron chi connectivity index (χ1n) is 8.18. The van der Waals surface area contributed by atoms with E-state index in [4.69, 9.17) is 11.6 Å². The minimum absolute atomic E-state index is 0.512. The van der Waals surface area contributed by atoms with Crippen LogP contribution in [0.5, 0.6) is 0 Å². The molecular formula is C20H22ClN3. The summed E-state index contributed by atoms with van der Waals surface area (Å²) in [6, 6.07) is 12.7. The summed E-state index contributed by atoms with van der Waals surface area (Å²) in [6.07, 6.45) is 5.57. The fraction of sp³-hybridized carbons (Fsp3) is 0.250. The predicted octanol–water partition coefficient (Wildman–Crippen LogP) is 4.48. The molecule has 4 heteroatoms. The van der Waals surface area contributed by atoms with Gasteiger partial charge in [-0.25, -0.2) is 0 Å². The summed E-state index contributed by atoms with van der Waals surface area (Å²) in [7, 11) is 0. The lowest BCUT2D eigenvalue weighted by molar-refractivity contribution is 0.652. The van der Waals surface area contributed by atoms with Crippen LogP contribution in [-0.4, -0.2) is 31.2 Å². The molecule has 0 spiro atoms. The molecule has 0 saturated carbocycles. The Bertz CT molecular complexity index is 732. The first-order chi connectivity index (χ1) is 11.6. The van der Waals surface area contributed by atoms with Gasteiger partial charge in [-0.15, -0.1) is 0 Å². The van der Waals surface area contributed by atoms with Gasteiger partial charge in [0.25, 0.3) is 0 Å². The van der Waals surface area contributed by atoms with Gasteiger partial charge >= 0.3 is 0 Å². The molecule has 24 heavy (non-hydrogen) atoms. The highest BCUT2D eigenvalue weighted by atomic mass is 35.5. The van der Waals surface area contributed by atoms with Crippen molar-refractivity contribution in [1.29, 1.82) is 0 Å². The van der Waals surface area contributed by atoms with Gasteiger partial charge in [-0.3, -0.25) is 4.98 Å².